The van der Waals surface area contributed by atoms with E-state index in [4.69, 9.17) is 9.72 Å². The van der Waals surface area contributed by atoms with E-state index >= 15 is 0 Å². The normalized spacial score (nSPS) is 11.1. The van der Waals surface area contributed by atoms with Crippen LogP contribution >= 0.6 is 23.1 Å². The molecule has 0 aliphatic rings. The van der Waals surface area contributed by atoms with Crippen molar-refractivity contribution in [3.63, 3.8) is 0 Å². The first-order chi connectivity index (χ1) is 13.6. The average Bonchev–Trinajstić information content (AvgIpc) is 3.19. The summed E-state index contributed by atoms with van der Waals surface area (Å²) in [6, 6.07) is 18.2. The number of benzene rings is 2. The third-order valence-corrected chi connectivity index (χ3v) is 6.46. The van der Waals surface area contributed by atoms with Crippen molar-refractivity contribution >= 4 is 33.3 Å². The maximum absolute atomic E-state index is 13.1. The Morgan fingerprint density at radius 3 is 2.46 bits per heavy atom. The van der Waals surface area contributed by atoms with E-state index in [1.807, 2.05) is 35.7 Å². The number of fused-ring (bicyclic) bond motifs is 1. The highest BCUT2D eigenvalue weighted by molar-refractivity contribution is 7.98. The molecule has 4 nitrogen and oxygen atoms in total. The van der Waals surface area contributed by atoms with Gasteiger partial charge in [-0.25, -0.2) is 4.98 Å². The van der Waals surface area contributed by atoms with Gasteiger partial charge in [0.1, 0.15) is 10.4 Å². The van der Waals surface area contributed by atoms with E-state index in [1.165, 1.54) is 22.5 Å². The topological polar surface area (TPSA) is 44.1 Å². The predicted octanol–water partition coefficient (Wildman–Crippen LogP) is 5.12. The minimum atomic E-state index is 0.0159. The van der Waals surface area contributed by atoms with Gasteiger partial charge >= 0.3 is 0 Å². The Hall–Kier alpha value is -2.57. The zero-order valence-electron chi connectivity index (χ0n) is 15.7. The Kier molecular flexibility index (Phi) is 5.50. The summed E-state index contributed by atoms with van der Waals surface area (Å²) in [4.78, 5) is 17.9. The molecule has 0 bridgehead atoms. The van der Waals surface area contributed by atoms with Crippen LogP contribution in [0.2, 0.25) is 0 Å². The summed E-state index contributed by atoms with van der Waals surface area (Å²) in [5.41, 5.74) is 4.28. The molecular weight excluding hydrogens is 388 g/mol. The highest BCUT2D eigenvalue weighted by atomic mass is 32.2. The van der Waals surface area contributed by atoms with Crippen LogP contribution in [-0.2, 0) is 12.3 Å². The number of rotatable bonds is 6. The van der Waals surface area contributed by atoms with Crippen LogP contribution in [-0.4, -0.2) is 16.7 Å². The zero-order valence-corrected chi connectivity index (χ0v) is 17.3. The van der Waals surface area contributed by atoms with Gasteiger partial charge < -0.3 is 4.74 Å². The van der Waals surface area contributed by atoms with Gasteiger partial charge in [0.2, 0.25) is 0 Å². The van der Waals surface area contributed by atoms with E-state index in [0.29, 0.717) is 11.2 Å². The van der Waals surface area contributed by atoms with E-state index in [2.05, 4.69) is 31.2 Å². The van der Waals surface area contributed by atoms with Crippen LogP contribution in [0.25, 0.3) is 10.2 Å². The molecule has 4 aromatic rings. The summed E-state index contributed by atoms with van der Waals surface area (Å²) >= 11 is 3.04. The van der Waals surface area contributed by atoms with Gasteiger partial charge in [0.25, 0.3) is 5.56 Å². The molecule has 4 rings (SSSR count). The van der Waals surface area contributed by atoms with Gasteiger partial charge in [-0.05, 0) is 41.6 Å². The van der Waals surface area contributed by atoms with Crippen molar-refractivity contribution in [3.05, 3.63) is 87.0 Å². The van der Waals surface area contributed by atoms with E-state index in [1.54, 1.807) is 23.4 Å². The third-order valence-electron chi connectivity index (χ3n) is 4.52. The smallest absolute Gasteiger partial charge is 0.272 e. The van der Waals surface area contributed by atoms with Gasteiger partial charge in [-0.2, -0.15) is 0 Å². The first-order valence-corrected chi connectivity index (χ1v) is 10.8. The number of thioether (sulfide) groups is 1. The molecule has 142 valence electrons. The fourth-order valence-electron chi connectivity index (χ4n) is 2.92. The van der Waals surface area contributed by atoms with Gasteiger partial charge in [0.15, 0.2) is 5.16 Å². The van der Waals surface area contributed by atoms with Crippen molar-refractivity contribution in [3.8, 4) is 5.75 Å². The summed E-state index contributed by atoms with van der Waals surface area (Å²) in [6.07, 6.45) is 0. The van der Waals surface area contributed by atoms with Crippen LogP contribution < -0.4 is 10.3 Å². The fourth-order valence-corrected chi connectivity index (χ4v) is 4.65. The molecule has 2 heterocycles. The predicted molar refractivity (Wildman–Crippen MR) is 117 cm³/mol. The maximum Gasteiger partial charge on any atom is 0.272 e. The fraction of sp³-hybridized carbons (Fsp3) is 0.182. The van der Waals surface area contributed by atoms with Crippen LogP contribution in [0.15, 0.2) is 69.9 Å². The van der Waals surface area contributed by atoms with E-state index in [-0.39, 0.29) is 5.56 Å². The average molecular weight is 409 g/mol. The first kappa shape index (κ1) is 18.8. The lowest BCUT2D eigenvalue weighted by molar-refractivity contribution is 0.414. The molecule has 0 saturated heterocycles. The molecule has 6 heteroatoms. The number of hydrogen-bond acceptors (Lipinski definition) is 5. The van der Waals surface area contributed by atoms with Crippen molar-refractivity contribution in [2.24, 2.45) is 0 Å². The Morgan fingerprint density at radius 1 is 1.04 bits per heavy atom. The van der Waals surface area contributed by atoms with Crippen molar-refractivity contribution in [1.82, 2.24) is 9.55 Å². The summed E-state index contributed by atoms with van der Waals surface area (Å²) in [5.74, 6) is 1.57. The van der Waals surface area contributed by atoms with Crippen LogP contribution in [0, 0.1) is 6.92 Å². The zero-order chi connectivity index (χ0) is 19.5. The molecule has 0 spiro atoms. The number of aromatic nitrogens is 2. The number of hydrogen-bond donors (Lipinski definition) is 0. The SMILES string of the molecule is COc1ccc(Cn2c(SCc3ccc(C)cc3)nc3ccsc3c2=O)cc1. The summed E-state index contributed by atoms with van der Waals surface area (Å²) in [7, 11) is 1.65. The summed E-state index contributed by atoms with van der Waals surface area (Å²) in [6.45, 7) is 2.56. The van der Waals surface area contributed by atoms with Gasteiger partial charge in [0, 0.05) is 5.75 Å². The van der Waals surface area contributed by atoms with Gasteiger partial charge in [0.05, 0.1) is 19.2 Å². The molecule has 28 heavy (non-hydrogen) atoms. The second-order valence-corrected chi connectivity index (χ2v) is 8.40. The molecule has 0 aliphatic heterocycles. The third kappa shape index (κ3) is 3.98. The van der Waals surface area contributed by atoms with Crippen molar-refractivity contribution in [1.29, 1.82) is 0 Å². The number of nitrogens with zero attached hydrogens (tertiary/aromatic N) is 2. The van der Waals surface area contributed by atoms with Crippen LogP contribution in [0.3, 0.4) is 0 Å². The highest BCUT2D eigenvalue weighted by Crippen LogP contribution is 2.25. The molecule has 2 aromatic carbocycles. The van der Waals surface area contributed by atoms with Crippen molar-refractivity contribution < 1.29 is 4.74 Å². The van der Waals surface area contributed by atoms with Crippen molar-refractivity contribution in [2.75, 3.05) is 7.11 Å². The Balaban J connectivity index is 1.68. The van der Waals surface area contributed by atoms with Gasteiger partial charge in [-0.15, -0.1) is 11.3 Å². The quantitative estimate of drug-likeness (QED) is 0.328. The molecule has 0 atom stereocenters. The Labute approximate surface area is 171 Å². The molecule has 0 unspecified atom stereocenters. The second kappa shape index (κ2) is 8.20. The first-order valence-electron chi connectivity index (χ1n) is 8.93. The van der Waals surface area contributed by atoms with Gasteiger partial charge in [-0.3, -0.25) is 9.36 Å². The maximum atomic E-state index is 13.1. The molecule has 0 radical (unpaired) electrons. The second-order valence-electron chi connectivity index (χ2n) is 6.54. The number of aryl methyl sites for hydroxylation is 1. The van der Waals surface area contributed by atoms with Crippen LogP contribution in [0.5, 0.6) is 5.75 Å². The molecule has 0 N–H and O–H groups in total. The monoisotopic (exact) mass is 408 g/mol. The Morgan fingerprint density at radius 2 is 1.75 bits per heavy atom. The van der Waals surface area contributed by atoms with Gasteiger partial charge in [-0.1, -0.05) is 53.7 Å². The molecule has 0 aliphatic carbocycles. The molecule has 2 aromatic heterocycles. The minimum Gasteiger partial charge on any atom is -0.497 e. The number of thiophene rings is 1. The number of ether oxygens (including phenoxy) is 1. The van der Waals surface area contributed by atoms with E-state index in [9.17, 15) is 4.79 Å². The summed E-state index contributed by atoms with van der Waals surface area (Å²) < 4.78 is 7.71. The molecule has 0 fully saturated rings. The largest absolute Gasteiger partial charge is 0.497 e. The number of methoxy groups -OCH3 is 1. The van der Waals surface area contributed by atoms with E-state index in [0.717, 1.165) is 27.7 Å². The Bertz CT molecular complexity index is 1150. The molecule has 0 amide bonds. The van der Waals surface area contributed by atoms with Crippen LogP contribution in [0.4, 0.5) is 0 Å². The lowest BCUT2D eigenvalue weighted by atomic mass is 10.2. The minimum absolute atomic E-state index is 0.0159. The standard InChI is InChI=1S/C22H20N2O2S2/c1-15-3-5-17(6-4-15)14-28-22-23-19-11-12-27-20(19)21(25)24(22)13-16-7-9-18(26-2)10-8-16/h3-12H,13-14H2,1-2H3. The molecule has 0 saturated carbocycles. The van der Waals surface area contributed by atoms with Crippen LogP contribution in [0.1, 0.15) is 16.7 Å². The molecular formula is C22H20N2O2S2. The lowest BCUT2D eigenvalue weighted by Crippen LogP contribution is -2.23. The lowest BCUT2D eigenvalue weighted by Gasteiger charge is -2.12. The highest BCUT2D eigenvalue weighted by Gasteiger charge is 2.13. The van der Waals surface area contributed by atoms with E-state index < -0.39 is 0 Å². The van der Waals surface area contributed by atoms with Crippen molar-refractivity contribution in [2.45, 2.75) is 24.4 Å². The summed E-state index contributed by atoms with van der Waals surface area (Å²) in [5, 5.41) is 2.66.